The van der Waals surface area contributed by atoms with Crippen LogP contribution in [0.1, 0.15) is 111 Å². The molecule has 0 aromatic carbocycles. The average Bonchev–Trinajstić information content (AvgIpc) is 2.66. The Bertz CT molecular complexity index is 343. The van der Waals surface area contributed by atoms with Crippen LogP contribution >= 0.6 is 0 Å². The van der Waals surface area contributed by atoms with Crippen molar-refractivity contribution in [1.29, 1.82) is 0 Å². The van der Waals surface area contributed by atoms with Crippen LogP contribution in [0.5, 0.6) is 0 Å². The molecule has 2 rings (SSSR count). The molecular formula is C25H50N2. The Balaban J connectivity index is 1.57. The topological polar surface area (TPSA) is 15.3 Å². The molecule has 0 atom stereocenters. The fourth-order valence-corrected chi connectivity index (χ4v) is 5.50. The van der Waals surface area contributed by atoms with Crippen molar-refractivity contribution in [2.75, 3.05) is 32.7 Å². The minimum Gasteiger partial charge on any atom is -0.316 e. The van der Waals surface area contributed by atoms with E-state index < -0.39 is 0 Å². The molecule has 1 saturated carbocycles. The molecule has 0 unspecified atom stereocenters. The number of likely N-dealkylation sites (tertiary alicyclic amines) is 1. The molecule has 0 aromatic heterocycles. The molecule has 0 aromatic rings. The van der Waals surface area contributed by atoms with Crippen molar-refractivity contribution in [3.63, 3.8) is 0 Å². The smallest absolute Gasteiger partial charge is 0.00506 e. The van der Waals surface area contributed by atoms with Gasteiger partial charge >= 0.3 is 0 Å². The van der Waals surface area contributed by atoms with Crippen LogP contribution in [0.15, 0.2) is 0 Å². The lowest BCUT2D eigenvalue weighted by atomic mass is 9.65. The number of rotatable bonds is 15. The number of nitrogens with zero attached hydrogens (tertiary/aromatic N) is 1. The maximum atomic E-state index is 3.74. The largest absolute Gasteiger partial charge is 0.316 e. The molecule has 0 bridgehead atoms. The van der Waals surface area contributed by atoms with Crippen molar-refractivity contribution in [2.24, 2.45) is 17.3 Å². The lowest BCUT2D eigenvalue weighted by Gasteiger charge is -2.54. The van der Waals surface area contributed by atoms with E-state index in [-0.39, 0.29) is 0 Å². The Morgan fingerprint density at radius 1 is 0.852 bits per heavy atom. The molecule has 2 fully saturated rings. The van der Waals surface area contributed by atoms with E-state index in [1.54, 1.807) is 0 Å². The Labute approximate surface area is 171 Å². The summed E-state index contributed by atoms with van der Waals surface area (Å²) in [6.45, 7) is 13.7. The van der Waals surface area contributed by atoms with Gasteiger partial charge in [0.2, 0.25) is 0 Å². The van der Waals surface area contributed by atoms with Gasteiger partial charge < -0.3 is 10.2 Å². The van der Waals surface area contributed by atoms with Crippen molar-refractivity contribution in [3.05, 3.63) is 0 Å². The van der Waals surface area contributed by atoms with Crippen LogP contribution in [0.3, 0.4) is 0 Å². The van der Waals surface area contributed by atoms with Crippen LogP contribution in [0.4, 0.5) is 0 Å². The van der Waals surface area contributed by atoms with Crippen molar-refractivity contribution in [1.82, 2.24) is 10.2 Å². The standard InChI is InChI=1S/C25H50N2/c1-4-7-10-11-18-26-19-23-14-16-25(17-15-23)21-27(22-25)20-24(12-8-5-2)13-9-6-3/h23-24,26H,4-22H2,1-3H3. The summed E-state index contributed by atoms with van der Waals surface area (Å²) < 4.78 is 0. The van der Waals surface area contributed by atoms with Gasteiger partial charge in [-0.2, -0.15) is 0 Å². The first-order chi connectivity index (χ1) is 13.2. The summed E-state index contributed by atoms with van der Waals surface area (Å²) in [5.74, 6) is 1.92. The van der Waals surface area contributed by atoms with E-state index in [0.29, 0.717) is 0 Å². The molecule has 0 amide bonds. The monoisotopic (exact) mass is 378 g/mol. The summed E-state index contributed by atoms with van der Waals surface area (Å²) >= 11 is 0. The molecule has 1 aliphatic carbocycles. The highest BCUT2D eigenvalue weighted by Crippen LogP contribution is 2.45. The van der Waals surface area contributed by atoms with Crippen LogP contribution < -0.4 is 5.32 Å². The van der Waals surface area contributed by atoms with Crippen molar-refractivity contribution in [3.8, 4) is 0 Å². The second-order valence-electron chi connectivity index (χ2n) is 10.0. The summed E-state index contributed by atoms with van der Waals surface area (Å²) in [6, 6.07) is 0. The highest BCUT2D eigenvalue weighted by Gasteiger charge is 2.44. The van der Waals surface area contributed by atoms with Gasteiger partial charge in [-0.3, -0.25) is 0 Å². The third-order valence-corrected chi connectivity index (χ3v) is 7.37. The minimum absolute atomic E-state index is 0.720. The highest BCUT2D eigenvalue weighted by atomic mass is 15.2. The number of nitrogens with one attached hydrogen (secondary N) is 1. The zero-order valence-corrected chi connectivity index (χ0v) is 19.0. The predicted molar refractivity (Wildman–Crippen MR) is 120 cm³/mol. The second-order valence-corrected chi connectivity index (χ2v) is 10.0. The first-order valence-corrected chi connectivity index (χ1v) is 12.6. The quantitative estimate of drug-likeness (QED) is 0.321. The molecule has 1 heterocycles. The van der Waals surface area contributed by atoms with E-state index in [9.17, 15) is 0 Å². The summed E-state index contributed by atoms with van der Waals surface area (Å²) in [5.41, 5.74) is 0.720. The first kappa shape index (κ1) is 23.2. The molecule has 2 aliphatic rings. The summed E-state index contributed by atoms with van der Waals surface area (Å²) in [7, 11) is 0. The third kappa shape index (κ3) is 8.44. The van der Waals surface area contributed by atoms with Crippen LogP contribution in [0.25, 0.3) is 0 Å². The zero-order chi connectivity index (χ0) is 19.4. The molecule has 27 heavy (non-hydrogen) atoms. The van der Waals surface area contributed by atoms with E-state index in [2.05, 4.69) is 31.0 Å². The number of unbranched alkanes of at least 4 members (excludes halogenated alkanes) is 5. The molecule has 160 valence electrons. The first-order valence-electron chi connectivity index (χ1n) is 12.6. The summed E-state index contributed by atoms with van der Waals surface area (Å²) in [5, 5.41) is 3.74. The van der Waals surface area contributed by atoms with E-state index in [1.165, 1.54) is 123 Å². The lowest BCUT2D eigenvalue weighted by molar-refractivity contribution is -0.0466. The Morgan fingerprint density at radius 2 is 1.48 bits per heavy atom. The third-order valence-electron chi connectivity index (χ3n) is 7.37. The minimum atomic E-state index is 0.720. The Hall–Kier alpha value is -0.0800. The van der Waals surface area contributed by atoms with Crippen molar-refractivity contribution < 1.29 is 0 Å². The maximum Gasteiger partial charge on any atom is 0.00506 e. The van der Waals surface area contributed by atoms with Gasteiger partial charge in [0.15, 0.2) is 0 Å². The molecule has 1 spiro atoms. The van der Waals surface area contributed by atoms with Gasteiger partial charge in [0.1, 0.15) is 0 Å². The van der Waals surface area contributed by atoms with E-state index in [0.717, 1.165) is 17.3 Å². The van der Waals surface area contributed by atoms with Gasteiger partial charge in [0, 0.05) is 19.6 Å². The molecule has 1 saturated heterocycles. The molecule has 2 heteroatoms. The van der Waals surface area contributed by atoms with E-state index >= 15 is 0 Å². The van der Waals surface area contributed by atoms with Gasteiger partial charge in [0.25, 0.3) is 0 Å². The predicted octanol–water partition coefficient (Wildman–Crippen LogP) is 6.65. The Kier molecular flexibility index (Phi) is 11.3. The van der Waals surface area contributed by atoms with Gasteiger partial charge in [-0.15, -0.1) is 0 Å². The maximum absolute atomic E-state index is 3.74. The Morgan fingerprint density at radius 3 is 2.07 bits per heavy atom. The van der Waals surface area contributed by atoms with Gasteiger partial charge in [-0.1, -0.05) is 65.7 Å². The van der Waals surface area contributed by atoms with E-state index in [1.807, 2.05) is 0 Å². The zero-order valence-electron chi connectivity index (χ0n) is 19.0. The SMILES string of the molecule is CCCCCCNCC1CCC2(CC1)CN(CC(CCCC)CCCC)C2. The molecule has 1 N–H and O–H groups in total. The fraction of sp³-hybridized carbons (Fsp3) is 1.00. The fourth-order valence-electron chi connectivity index (χ4n) is 5.50. The molecular weight excluding hydrogens is 328 g/mol. The molecule has 0 radical (unpaired) electrons. The lowest BCUT2D eigenvalue weighted by Crippen LogP contribution is -2.58. The number of hydrogen-bond acceptors (Lipinski definition) is 2. The second kappa shape index (κ2) is 13.2. The summed E-state index contributed by atoms with van der Waals surface area (Å²) in [6.07, 6.45) is 20.0. The van der Waals surface area contributed by atoms with Crippen LogP contribution in [0.2, 0.25) is 0 Å². The van der Waals surface area contributed by atoms with Crippen LogP contribution in [-0.4, -0.2) is 37.6 Å². The van der Waals surface area contributed by atoms with Crippen LogP contribution in [-0.2, 0) is 0 Å². The normalized spacial score (nSPS) is 20.4. The van der Waals surface area contributed by atoms with Crippen molar-refractivity contribution >= 4 is 0 Å². The van der Waals surface area contributed by atoms with Gasteiger partial charge in [0.05, 0.1) is 0 Å². The average molecular weight is 379 g/mol. The molecule has 2 nitrogen and oxygen atoms in total. The number of hydrogen-bond donors (Lipinski definition) is 1. The van der Waals surface area contributed by atoms with Crippen LogP contribution in [0, 0.1) is 17.3 Å². The van der Waals surface area contributed by atoms with Crippen molar-refractivity contribution in [2.45, 2.75) is 111 Å². The van der Waals surface area contributed by atoms with E-state index in [4.69, 9.17) is 0 Å². The van der Waals surface area contributed by atoms with Gasteiger partial charge in [-0.05, 0) is 75.3 Å². The molecule has 1 aliphatic heterocycles. The highest BCUT2D eigenvalue weighted by molar-refractivity contribution is 4.98. The van der Waals surface area contributed by atoms with Gasteiger partial charge in [-0.25, -0.2) is 0 Å². The summed E-state index contributed by atoms with van der Waals surface area (Å²) in [4.78, 5) is 2.81.